The number of rotatable bonds is 2. The molecule has 81 valence electrons. The number of non-ortho nitro benzene ring substituents is 1. The molecule has 0 aliphatic rings. The quantitative estimate of drug-likeness (QED) is 0.613. The van der Waals surface area contributed by atoms with Gasteiger partial charge in [-0.05, 0) is 13.0 Å². The van der Waals surface area contributed by atoms with E-state index >= 15 is 0 Å². The van der Waals surface area contributed by atoms with Crippen molar-refractivity contribution in [2.24, 2.45) is 0 Å². The summed E-state index contributed by atoms with van der Waals surface area (Å²) in [5, 5.41) is 24.0. The second-order valence-electron chi connectivity index (χ2n) is 3.22. The molecule has 6 heteroatoms. The van der Waals surface area contributed by atoms with Crippen LogP contribution in [0.5, 0.6) is 5.88 Å². The molecular formula is C10H8N3O3. The van der Waals surface area contributed by atoms with Gasteiger partial charge in [-0.1, -0.05) is 6.07 Å². The van der Waals surface area contributed by atoms with Gasteiger partial charge in [-0.25, -0.2) is 4.68 Å². The molecule has 1 aromatic carbocycles. The molecule has 0 aliphatic heterocycles. The average molecular weight is 218 g/mol. The smallest absolute Gasteiger partial charge is 0.271 e. The van der Waals surface area contributed by atoms with Crippen molar-refractivity contribution in [2.45, 2.75) is 6.92 Å². The Labute approximate surface area is 90.9 Å². The fourth-order valence-electron chi connectivity index (χ4n) is 1.36. The van der Waals surface area contributed by atoms with Crippen molar-refractivity contribution in [2.75, 3.05) is 0 Å². The maximum absolute atomic E-state index is 10.6. The van der Waals surface area contributed by atoms with Gasteiger partial charge in [0, 0.05) is 12.1 Å². The van der Waals surface area contributed by atoms with Gasteiger partial charge in [-0.3, -0.25) is 10.1 Å². The Bertz CT molecular complexity index is 548. The second-order valence-corrected chi connectivity index (χ2v) is 3.22. The molecular weight excluding hydrogens is 210 g/mol. The highest BCUT2D eigenvalue weighted by molar-refractivity contribution is 5.44. The zero-order valence-electron chi connectivity index (χ0n) is 8.41. The van der Waals surface area contributed by atoms with Gasteiger partial charge < -0.3 is 5.11 Å². The standard InChI is InChI=1S/C10H8N3O3/c1-7-5-10(14)12(11-7)8-3-2-4-9(6-8)13(15)16/h2-4,6,14H,1H3. The molecule has 16 heavy (non-hydrogen) atoms. The van der Waals surface area contributed by atoms with Gasteiger partial charge in [0.25, 0.3) is 5.69 Å². The average Bonchev–Trinajstić information content (AvgIpc) is 2.58. The van der Waals surface area contributed by atoms with E-state index in [1.807, 2.05) is 0 Å². The van der Waals surface area contributed by atoms with Crippen molar-refractivity contribution in [3.8, 4) is 11.6 Å². The van der Waals surface area contributed by atoms with E-state index in [0.717, 1.165) is 0 Å². The lowest BCUT2D eigenvalue weighted by atomic mass is 10.3. The van der Waals surface area contributed by atoms with Crippen LogP contribution in [-0.2, 0) is 0 Å². The summed E-state index contributed by atoms with van der Waals surface area (Å²) in [5.74, 6) is -0.169. The van der Waals surface area contributed by atoms with Crippen LogP contribution in [0.3, 0.4) is 0 Å². The lowest BCUT2D eigenvalue weighted by molar-refractivity contribution is -0.384. The minimum absolute atomic E-state index is 0.0509. The number of benzene rings is 1. The van der Waals surface area contributed by atoms with Crippen molar-refractivity contribution in [1.82, 2.24) is 9.78 Å². The first-order valence-corrected chi connectivity index (χ1v) is 4.50. The Morgan fingerprint density at radius 2 is 2.31 bits per heavy atom. The maximum atomic E-state index is 10.6. The number of nitro benzene ring substituents is 1. The molecule has 0 aliphatic carbocycles. The first-order chi connectivity index (χ1) is 7.58. The van der Waals surface area contributed by atoms with Crippen LogP contribution in [0.25, 0.3) is 5.69 Å². The zero-order valence-corrected chi connectivity index (χ0v) is 8.41. The van der Waals surface area contributed by atoms with Crippen LogP contribution in [0.15, 0.2) is 24.3 Å². The van der Waals surface area contributed by atoms with Crippen molar-refractivity contribution in [1.29, 1.82) is 0 Å². The molecule has 6 nitrogen and oxygen atoms in total. The zero-order chi connectivity index (χ0) is 11.7. The van der Waals surface area contributed by atoms with Gasteiger partial charge in [-0.15, -0.1) is 0 Å². The summed E-state index contributed by atoms with van der Waals surface area (Å²) in [6, 6.07) is 8.45. The number of nitro groups is 1. The molecule has 1 radical (unpaired) electrons. The molecule has 0 atom stereocenters. The lowest BCUT2D eigenvalue weighted by Gasteiger charge is -2.01. The van der Waals surface area contributed by atoms with Gasteiger partial charge in [-0.2, -0.15) is 5.10 Å². The first kappa shape index (κ1) is 10.2. The summed E-state index contributed by atoms with van der Waals surface area (Å²) < 4.78 is 1.20. The Hall–Kier alpha value is -2.37. The fraction of sp³-hybridized carbons (Fsp3) is 0.100. The predicted molar refractivity (Wildman–Crippen MR) is 55.5 cm³/mol. The number of nitrogens with zero attached hydrogens (tertiary/aromatic N) is 3. The third-order valence-corrected chi connectivity index (χ3v) is 2.03. The largest absolute Gasteiger partial charge is 0.493 e. The van der Waals surface area contributed by atoms with E-state index in [1.165, 1.54) is 22.9 Å². The lowest BCUT2D eigenvalue weighted by Crippen LogP contribution is -1.97. The van der Waals surface area contributed by atoms with Crippen LogP contribution < -0.4 is 0 Å². The molecule has 0 saturated carbocycles. The number of hydrogen-bond donors (Lipinski definition) is 1. The van der Waals surface area contributed by atoms with Gasteiger partial charge in [0.05, 0.1) is 22.4 Å². The highest BCUT2D eigenvalue weighted by Crippen LogP contribution is 2.20. The van der Waals surface area contributed by atoms with Gasteiger partial charge in [0.2, 0.25) is 5.88 Å². The minimum atomic E-state index is -0.499. The Morgan fingerprint density at radius 1 is 1.56 bits per heavy atom. The normalized spacial score (nSPS) is 10.3. The molecule has 2 aromatic rings. The van der Waals surface area contributed by atoms with Gasteiger partial charge in [0.1, 0.15) is 0 Å². The van der Waals surface area contributed by atoms with E-state index in [4.69, 9.17) is 0 Å². The van der Waals surface area contributed by atoms with Gasteiger partial charge >= 0.3 is 0 Å². The summed E-state index contributed by atoms with van der Waals surface area (Å²) in [6.45, 7) is 1.67. The molecule has 2 rings (SSSR count). The van der Waals surface area contributed by atoms with E-state index in [2.05, 4.69) is 11.2 Å². The molecule has 0 fully saturated rings. The summed E-state index contributed by atoms with van der Waals surface area (Å²) in [7, 11) is 0. The summed E-state index contributed by atoms with van der Waals surface area (Å²) in [5.41, 5.74) is 0.894. The SMILES string of the molecule is Cc1[c]c(O)n(-c2cccc([N+](=O)[O-])c2)n1. The summed E-state index contributed by atoms with van der Waals surface area (Å²) in [6.07, 6.45) is 0. The van der Waals surface area contributed by atoms with Crippen molar-refractivity contribution < 1.29 is 10.0 Å². The molecule has 1 N–H and O–H groups in total. The van der Waals surface area contributed by atoms with Crippen molar-refractivity contribution in [3.05, 3.63) is 46.1 Å². The summed E-state index contributed by atoms with van der Waals surface area (Å²) >= 11 is 0. The molecule has 1 heterocycles. The van der Waals surface area contributed by atoms with Crippen LogP contribution in [0.1, 0.15) is 5.69 Å². The molecule has 0 amide bonds. The van der Waals surface area contributed by atoms with Crippen LogP contribution in [-0.4, -0.2) is 19.8 Å². The third-order valence-electron chi connectivity index (χ3n) is 2.03. The van der Waals surface area contributed by atoms with E-state index in [0.29, 0.717) is 11.4 Å². The predicted octanol–water partition coefficient (Wildman–Crippen LogP) is 1.59. The summed E-state index contributed by atoms with van der Waals surface area (Å²) in [4.78, 5) is 10.1. The molecule has 1 aromatic heterocycles. The number of aryl methyl sites for hydroxylation is 1. The maximum Gasteiger partial charge on any atom is 0.271 e. The molecule has 0 saturated heterocycles. The Kier molecular flexibility index (Phi) is 2.32. The first-order valence-electron chi connectivity index (χ1n) is 4.50. The van der Waals surface area contributed by atoms with Crippen molar-refractivity contribution in [3.63, 3.8) is 0 Å². The second kappa shape index (κ2) is 3.65. The van der Waals surface area contributed by atoms with Crippen LogP contribution >= 0.6 is 0 Å². The van der Waals surface area contributed by atoms with Crippen LogP contribution in [0, 0.1) is 23.1 Å². The Balaban J connectivity index is 2.52. The Morgan fingerprint density at radius 3 is 2.88 bits per heavy atom. The number of aromatic hydroxyl groups is 1. The van der Waals surface area contributed by atoms with Gasteiger partial charge in [0.15, 0.2) is 0 Å². The van der Waals surface area contributed by atoms with Crippen LogP contribution in [0.4, 0.5) is 5.69 Å². The van der Waals surface area contributed by atoms with E-state index in [1.54, 1.807) is 13.0 Å². The third kappa shape index (κ3) is 1.72. The number of hydrogen-bond acceptors (Lipinski definition) is 4. The minimum Gasteiger partial charge on any atom is -0.493 e. The molecule has 0 bridgehead atoms. The monoisotopic (exact) mass is 218 g/mol. The number of aromatic nitrogens is 2. The molecule has 0 unspecified atom stereocenters. The van der Waals surface area contributed by atoms with E-state index < -0.39 is 4.92 Å². The topological polar surface area (TPSA) is 81.2 Å². The fourth-order valence-corrected chi connectivity index (χ4v) is 1.36. The molecule has 0 spiro atoms. The van der Waals surface area contributed by atoms with E-state index in [9.17, 15) is 15.2 Å². The van der Waals surface area contributed by atoms with Crippen LogP contribution in [0.2, 0.25) is 0 Å². The van der Waals surface area contributed by atoms with Crippen molar-refractivity contribution >= 4 is 5.69 Å². The highest BCUT2D eigenvalue weighted by atomic mass is 16.6. The van der Waals surface area contributed by atoms with E-state index in [-0.39, 0.29) is 11.6 Å². The highest BCUT2D eigenvalue weighted by Gasteiger charge is 2.10.